The van der Waals surface area contributed by atoms with Crippen molar-refractivity contribution < 1.29 is 19.4 Å². The van der Waals surface area contributed by atoms with Crippen LogP contribution >= 0.6 is 0 Å². The van der Waals surface area contributed by atoms with Gasteiger partial charge in [0, 0.05) is 13.1 Å². The second-order valence-corrected chi connectivity index (χ2v) is 6.13. The fourth-order valence-electron chi connectivity index (χ4n) is 2.87. The molecular formula is C20H23NO4. The molecule has 25 heavy (non-hydrogen) atoms. The smallest absolute Gasteiger partial charge is 0.260 e. The standard InChI is InChI=1S/C20H23NO4/c22-18-8-4-5-9-19(18)25-15-20(23)21-12-10-17(11-13-21)24-14-16-6-2-1-3-7-16/h1-9,17,22H,10-15H2. The summed E-state index contributed by atoms with van der Waals surface area (Å²) in [5.74, 6) is 0.310. The molecule has 5 nitrogen and oxygen atoms in total. The van der Waals surface area contributed by atoms with E-state index in [9.17, 15) is 9.90 Å². The number of likely N-dealkylation sites (tertiary alicyclic amines) is 1. The van der Waals surface area contributed by atoms with Gasteiger partial charge in [-0.2, -0.15) is 0 Å². The zero-order valence-corrected chi connectivity index (χ0v) is 14.1. The molecule has 0 saturated carbocycles. The lowest BCUT2D eigenvalue weighted by molar-refractivity contribution is -0.136. The summed E-state index contributed by atoms with van der Waals surface area (Å²) in [7, 11) is 0. The third-order valence-corrected chi connectivity index (χ3v) is 4.34. The van der Waals surface area contributed by atoms with Crippen molar-refractivity contribution in [2.45, 2.75) is 25.6 Å². The Labute approximate surface area is 147 Å². The molecule has 0 bridgehead atoms. The van der Waals surface area contributed by atoms with Crippen LogP contribution < -0.4 is 4.74 Å². The predicted molar refractivity (Wildman–Crippen MR) is 94.4 cm³/mol. The van der Waals surface area contributed by atoms with E-state index in [0.717, 1.165) is 18.4 Å². The number of hydrogen-bond donors (Lipinski definition) is 1. The number of phenols is 1. The number of amides is 1. The van der Waals surface area contributed by atoms with E-state index in [2.05, 4.69) is 12.1 Å². The van der Waals surface area contributed by atoms with E-state index in [4.69, 9.17) is 9.47 Å². The molecule has 5 heteroatoms. The van der Waals surface area contributed by atoms with Crippen LogP contribution in [0.15, 0.2) is 54.6 Å². The number of nitrogens with zero attached hydrogens (tertiary/aromatic N) is 1. The van der Waals surface area contributed by atoms with E-state index >= 15 is 0 Å². The van der Waals surface area contributed by atoms with Crippen LogP contribution in [0.2, 0.25) is 0 Å². The van der Waals surface area contributed by atoms with Gasteiger partial charge in [-0.3, -0.25) is 4.79 Å². The van der Waals surface area contributed by atoms with Gasteiger partial charge in [0.25, 0.3) is 5.91 Å². The van der Waals surface area contributed by atoms with Gasteiger partial charge in [0.15, 0.2) is 18.1 Å². The quantitative estimate of drug-likeness (QED) is 0.877. The predicted octanol–water partition coefficient (Wildman–Crippen LogP) is 2.98. The molecule has 1 fully saturated rings. The number of rotatable bonds is 6. The molecule has 1 N–H and O–H groups in total. The van der Waals surface area contributed by atoms with Gasteiger partial charge in [0.1, 0.15) is 0 Å². The monoisotopic (exact) mass is 341 g/mol. The fraction of sp³-hybridized carbons (Fsp3) is 0.350. The summed E-state index contributed by atoms with van der Waals surface area (Å²) in [6.45, 7) is 1.88. The molecular weight excluding hydrogens is 318 g/mol. The molecule has 1 saturated heterocycles. The number of carbonyl (C=O) groups is 1. The normalized spacial score (nSPS) is 15.1. The molecule has 2 aromatic carbocycles. The molecule has 132 valence electrons. The summed E-state index contributed by atoms with van der Waals surface area (Å²) < 4.78 is 11.4. The van der Waals surface area contributed by atoms with Gasteiger partial charge in [0.05, 0.1) is 12.7 Å². The minimum atomic E-state index is -0.0650. The molecule has 0 radical (unpaired) electrons. The molecule has 0 spiro atoms. The molecule has 0 atom stereocenters. The van der Waals surface area contributed by atoms with E-state index in [0.29, 0.717) is 25.4 Å². The van der Waals surface area contributed by atoms with Crippen LogP contribution in [0.3, 0.4) is 0 Å². The maximum atomic E-state index is 12.2. The van der Waals surface area contributed by atoms with Gasteiger partial charge in [-0.15, -0.1) is 0 Å². The summed E-state index contributed by atoms with van der Waals surface area (Å²) in [5.41, 5.74) is 1.16. The molecule has 3 rings (SSSR count). The number of piperidine rings is 1. The number of aromatic hydroxyl groups is 1. The Bertz CT molecular complexity index is 681. The highest BCUT2D eigenvalue weighted by atomic mass is 16.5. The fourth-order valence-corrected chi connectivity index (χ4v) is 2.87. The Morgan fingerprint density at radius 2 is 1.72 bits per heavy atom. The molecule has 0 aromatic heterocycles. The van der Waals surface area contributed by atoms with Crippen molar-refractivity contribution in [2.75, 3.05) is 19.7 Å². The summed E-state index contributed by atoms with van der Waals surface area (Å²) in [4.78, 5) is 14.0. The lowest BCUT2D eigenvalue weighted by atomic mass is 10.1. The first kappa shape index (κ1) is 17.3. The minimum absolute atomic E-state index is 0.0447. The van der Waals surface area contributed by atoms with Gasteiger partial charge in [0.2, 0.25) is 0 Å². The lowest BCUT2D eigenvalue weighted by Gasteiger charge is -2.32. The zero-order chi connectivity index (χ0) is 17.5. The number of benzene rings is 2. The topological polar surface area (TPSA) is 59.0 Å². The van der Waals surface area contributed by atoms with Gasteiger partial charge in [-0.05, 0) is 30.5 Å². The highest BCUT2D eigenvalue weighted by Gasteiger charge is 2.23. The molecule has 0 unspecified atom stereocenters. The van der Waals surface area contributed by atoms with Crippen LogP contribution in [0.5, 0.6) is 11.5 Å². The van der Waals surface area contributed by atoms with Crippen molar-refractivity contribution in [3.63, 3.8) is 0 Å². The number of phenolic OH excluding ortho intramolecular Hbond substituents is 1. The Hall–Kier alpha value is -2.53. The number of ether oxygens (including phenoxy) is 2. The SMILES string of the molecule is O=C(COc1ccccc1O)N1CCC(OCc2ccccc2)CC1. The van der Waals surface area contributed by atoms with Crippen LogP contribution in [0.1, 0.15) is 18.4 Å². The largest absolute Gasteiger partial charge is 0.504 e. The number of para-hydroxylation sites is 2. The Balaban J connectivity index is 1.39. The minimum Gasteiger partial charge on any atom is -0.504 e. The highest BCUT2D eigenvalue weighted by Crippen LogP contribution is 2.24. The van der Waals surface area contributed by atoms with Crippen LogP contribution in [0.25, 0.3) is 0 Å². The van der Waals surface area contributed by atoms with E-state index in [1.54, 1.807) is 23.1 Å². The van der Waals surface area contributed by atoms with Gasteiger partial charge < -0.3 is 19.5 Å². The average molecular weight is 341 g/mol. The first-order valence-corrected chi connectivity index (χ1v) is 8.56. The number of hydrogen-bond acceptors (Lipinski definition) is 4. The first-order chi connectivity index (χ1) is 12.2. The summed E-state index contributed by atoms with van der Waals surface area (Å²) >= 11 is 0. The Morgan fingerprint density at radius 3 is 2.44 bits per heavy atom. The highest BCUT2D eigenvalue weighted by molar-refractivity contribution is 5.78. The lowest BCUT2D eigenvalue weighted by Crippen LogP contribution is -2.42. The number of carbonyl (C=O) groups excluding carboxylic acids is 1. The van der Waals surface area contributed by atoms with Crippen molar-refractivity contribution in [1.29, 1.82) is 0 Å². The van der Waals surface area contributed by atoms with Crippen molar-refractivity contribution >= 4 is 5.91 Å². The zero-order valence-electron chi connectivity index (χ0n) is 14.1. The van der Waals surface area contributed by atoms with E-state index in [1.165, 1.54) is 6.07 Å². The first-order valence-electron chi connectivity index (χ1n) is 8.56. The molecule has 1 heterocycles. The van der Waals surface area contributed by atoms with E-state index in [-0.39, 0.29) is 24.4 Å². The van der Waals surface area contributed by atoms with E-state index in [1.807, 2.05) is 18.2 Å². The van der Waals surface area contributed by atoms with Crippen LogP contribution in [0.4, 0.5) is 0 Å². The van der Waals surface area contributed by atoms with Crippen LogP contribution in [-0.2, 0) is 16.1 Å². The van der Waals surface area contributed by atoms with Crippen molar-refractivity contribution in [1.82, 2.24) is 4.90 Å². The third kappa shape index (κ3) is 4.97. The van der Waals surface area contributed by atoms with Crippen LogP contribution in [-0.4, -0.2) is 41.7 Å². The van der Waals surface area contributed by atoms with Crippen molar-refractivity contribution in [2.24, 2.45) is 0 Å². The second kappa shape index (κ2) is 8.53. The second-order valence-electron chi connectivity index (χ2n) is 6.13. The summed E-state index contributed by atoms with van der Waals surface area (Å²) in [6, 6.07) is 16.8. The molecule has 1 aliphatic rings. The maximum absolute atomic E-state index is 12.2. The molecule has 1 aliphatic heterocycles. The average Bonchev–Trinajstić information content (AvgIpc) is 2.67. The van der Waals surface area contributed by atoms with E-state index < -0.39 is 0 Å². The Kier molecular flexibility index (Phi) is 5.90. The molecule has 0 aliphatic carbocycles. The van der Waals surface area contributed by atoms with Gasteiger partial charge >= 0.3 is 0 Å². The molecule has 2 aromatic rings. The van der Waals surface area contributed by atoms with Crippen molar-refractivity contribution in [3.8, 4) is 11.5 Å². The molecule has 1 amide bonds. The van der Waals surface area contributed by atoms with Gasteiger partial charge in [-0.25, -0.2) is 0 Å². The van der Waals surface area contributed by atoms with Crippen LogP contribution in [0, 0.1) is 0 Å². The van der Waals surface area contributed by atoms with Gasteiger partial charge in [-0.1, -0.05) is 42.5 Å². The summed E-state index contributed by atoms with van der Waals surface area (Å²) in [5, 5.41) is 9.66. The van der Waals surface area contributed by atoms with Crippen molar-refractivity contribution in [3.05, 3.63) is 60.2 Å². The third-order valence-electron chi connectivity index (χ3n) is 4.34. The Morgan fingerprint density at radius 1 is 1.04 bits per heavy atom. The summed E-state index contributed by atoms with van der Waals surface area (Å²) in [6.07, 6.45) is 1.84. The maximum Gasteiger partial charge on any atom is 0.260 e.